The van der Waals surface area contributed by atoms with Gasteiger partial charge in [-0.2, -0.15) is 0 Å². The van der Waals surface area contributed by atoms with Crippen molar-refractivity contribution in [3.63, 3.8) is 0 Å². The molecule has 0 fully saturated rings. The van der Waals surface area contributed by atoms with Crippen LogP contribution < -0.4 is 10.1 Å². The maximum absolute atomic E-state index is 12.2. The molecule has 0 unspecified atom stereocenters. The van der Waals surface area contributed by atoms with Crippen LogP contribution in [0.4, 0.5) is 4.79 Å². The minimum atomic E-state index is -0.556. The van der Waals surface area contributed by atoms with E-state index >= 15 is 0 Å². The van der Waals surface area contributed by atoms with Crippen LogP contribution in [0.25, 0.3) is 0 Å². The van der Waals surface area contributed by atoms with Crippen molar-refractivity contribution >= 4 is 29.5 Å². The lowest BCUT2D eigenvalue weighted by molar-refractivity contribution is 0.0521. The van der Waals surface area contributed by atoms with E-state index in [9.17, 15) is 4.79 Å². The van der Waals surface area contributed by atoms with E-state index in [4.69, 9.17) is 21.1 Å². The number of alkyl carbamates (subject to hydrolysis) is 1. The highest BCUT2D eigenvalue weighted by atomic mass is 35.5. The fourth-order valence-electron chi connectivity index (χ4n) is 2.02. The molecular weight excluding hydrogens is 358 g/mol. The molecule has 0 saturated heterocycles. The third-order valence-corrected chi connectivity index (χ3v) is 4.56. The first-order valence-corrected chi connectivity index (χ1v) is 9.08. The molecule has 0 heterocycles. The molecule has 4 nitrogen and oxygen atoms in total. The van der Waals surface area contributed by atoms with Gasteiger partial charge in [-0.1, -0.05) is 35.5 Å². The third kappa shape index (κ3) is 6.52. The predicted octanol–water partition coefficient (Wildman–Crippen LogP) is 5.66. The maximum atomic E-state index is 12.2. The zero-order chi connectivity index (χ0) is 18.4. The van der Waals surface area contributed by atoms with Gasteiger partial charge in [0, 0.05) is 9.92 Å². The molecule has 1 N–H and O–H groups in total. The number of nitrogens with one attached hydrogen (secondary N) is 1. The molecular formula is C19H22ClNO3S. The summed E-state index contributed by atoms with van der Waals surface area (Å²) < 4.78 is 10.6. The van der Waals surface area contributed by atoms with Crippen molar-refractivity contribution in [1.82, 2.24) is 5.32 Å². The molecule has 1 amide bonds. The number of carbonyl (C=O) groups is 1. The van der Waals surface area contributed by atoms with E-state index in [2.05, 4.69) is 5.32 Å². The van der Waals surface area contributed by atoms with E-state index in [0.717, 1.165) is 16.2 Å². The molecule has 1 atom stereocenters. The van der Waals surface area contributed by atoms with Crippen LogP contribution in [0.5, 0.6) is 5.75 Å². The zero-order valence-corrected chi connectivity index (χ0v) is 16.3. The number of carbonyl (C=O) groups excluding carboxylic acids is 1. The molecule has 0 bridgehead atoms. The summed E-state index contributed by atoms with van der Waals surface area (Å²) in [6.45, 7) is 5.50. The van der Waals surface area contributed by atoms with Crippen molar-refractivity contribution in [3.05, 3.63) is 59.1 Å². The highest BCUT2D eigenvalue weighted by molar-refractivity contribution is 7.99. The van der Waals surface area contributed by atoms with Gasteiger partial charge >= 0.3 is 6.09 Å². The van der Waals surface area contributed by atoms with Crippen LogP contribution >= 0.6 is 23.4 Å². The second kappa shape index (κ2) is 8.50. The average Bonchev–Trinajstić information content (AvgIpc) is 2.54. The third-order valence-electron chi connectivity index (χ3n) is 3.13. The van der Waals surface area contributed by atoms with Gasteiger partial charge < -0.3 is 14.8 Å². The van der Waals surface area contributed by atoms with E-state index in [1.54, 1.807) is 7.11 Å². The van der Waals surface area contributed by atoms with E-state index < -0.39 is 11.7 Å². The molecule has 0 aliphatic carbocycles. The summed E-state index contributed by atoms with van der Waals surface area (Å²) in [6, 6.07) is 15.0. The number of methoxy groups -OCH3 is 1. The number of thioether (sulfide) groups is 1. The molecule has 2 aromatic rings. The van der Waals surface area contributed by atoms with Crippen molar-refractivity contribution in [2.45, 2.75) is 36.6 Å². The summed E-state index contributed by atoms with van der Waals surface area (Å²) in [5, 5.41) is 3.29. The van der Waals surface area contributed by atoms with Crippen LogP contribution in [-0.4, -0.2) is 18.8 Å². The van der Waals surface area contributed by atoms with Gasteiger partial charge in [0.05, 0.1) is 7.11 Å². The van der Waals surface area contributed by atoms with Crippen LogP contribution in [0.2, 0.25) is 5.02 Å². The summed E-state index contributed by atoms with van der Waals surface area (Å²) in [6.07, 6.45) is -0.463. The SMILES string of the molecule is COc1ccc([C@H](NC(=O)OC(C)(C)C)Sc2ccc(Cl)cc2)cc1. The van der Waals surface area contributed by atoms with Crippen LogP contribution in [-0.2, 0) is 4.74 Å². The minimum absolute atomic E-state index is 0.304. The Morgan fingerprint density at radius 2 is 1.68 bits per heavy atom. The first kappa shape index (κ1) is 19.5. The van der Waals surface area contributed by atoms with Crippen LogP contribution in [0.3, 0.4) is 0 Å². The van der Waals surface area contributed by atoms with E-state index in [-0.39, 0.29) is 5.37 Å². The molecule has 0 saturated carbocycles. The van der Waals surface area contributed by atoms with Gasteiger partial charge in [0.2, 0.25) is 0 Å². The summed E-state index contributed by atoms with van der Waals surface area (Å²) >= 11 is 7.45. The summed E-state index contributed by atoms with van der Waals surface area (Å²) in [5.74, 6) is 0.760. The zero-order valence-electron chi connectivity index (χ0n) is 14.7. The Balaban J connectivity index is 2.20. The fraction of sp³-hybridized carbons (Fsp3) is 0.316. The number of ether oxygens (including phenoxy) is 2. The van der Waals surface area contributed by atoms with E-state index in [0.29, 0.717) is 5.02 Å². The molecule has 25 heavy (non-hydrogen) atoms. The average molecular weight is 380 g/mol. The lowest BCUT2D eigenvalue weighted by Gasteiger charge is -2.24. The van der Waals surface area contributed by atoms with Crippen molar-refractivity contribution in [1.29, 1.82) is 0 Å². The maximum Gasteiger partial charge on any atom is 0.408 e. The molecule has 0 spiro atoms. The van der Waals surface area contributed by atoms with Crippen LogP contribution in [0.15, 0.2) is 53.4 Å². The van der Waals surface area contributed by atoms with Gasteiger partial charge in [0.1, 0.15) is 16.7 Å². The normalized spacial score (nSPS) is 12.4. The summed E-state index contributed by atoms with van der Waals surface area (Å²) in [7, 11) is 1.62. The second-order valence-corrected chi connectivity index (χ2v) is 7.99. The minimum Gasteiger partial charge on any atom is -0.497 e. The number of benzene rings is 2. The van der Waals surface area contributed by atoms with Gasteiger partial charge in [0.15, 0.2) is 0 Å². The highest BCUT2D eigenvalue weighted by Crippen LogP contribution is 2.34. The van der Waals surface area contributed by atoms with Crippen molar-refractivity contribution in [2.24, 2.45) is 0 Å². The number of rotatable bonds is 5. The smallest absolute Gasteiger partial charge is 0.408 e. The van der Waals surface area contributed by atoms with Gasteiger partial charge in [-0.3, -0.25) is 0 Å². The van der Waals surface area contributed by atoms with Gasteiger partial charge in [-0.05, 0) is 62.7 Å². The van der Waals surface area contributed by atoms with Gasteiger partial charge in [0.25, 0.3) is 0 Å². The Labute approximate surface area is 157 Å². The molecule has 2 aromatic carbocycles. The standard InChI is InChI=1S/C19H22ClNO3S/c1-19(2,3)24-18(22)21-17(13-5-9-15(23-4)10-6-13)25-16-11-7-14(20)8-12-16/h5-12,17H,1-4H3,(H,21,22)/t17-/m1/s1. The van der Waals surface area contributed by atoms with Crippen LogP contribution in [0.1, 0.15) is 31.7 Å². The molecule has 0 radical (unpaired) electrons. The van der Waals surface area contributed by atoms with Gasteiger partial charge in [-0.15, -0.1) is 0 Å². The van der Waals surface area contributed by atoms with Crippen molar-refractivity contribution in [3.8, 4) is 5.75 Å². The lowest BCUT2D eigenvalue weighted by Crippen LogP contribution is -2.34. The Kier molecular flexibility index (Phi) is 6.62. The molecule has 134 valence electrons. The van der Waals surface area contributed by atoms with Crippen molar-refractivity contribution < 1.29 is 14.3 Å². The number of hydrogen-bond acceptors (Lipinski definition) is 4. The largest absolute Gasteiger partial charge is 0.497 e. The monoisotopic (exact) mass is 379 g/mol. The lowest BCUT2D eigenvalue weighted by atomic mass is 10.2. The number of hydrogen-bond donors (Lipinski definition) is 1. The Hall–Kier alpha value is -1.85. The Bertz CT molecular complexity index is 696. The number of halogens is 1. The van der Waals surface area contributed by atoms with Gasteiger partial charge in [-0.25, -0.2) is 4.79 Å². The summed E-state index contributed by atoms with van der Waals surface area (Å²) in [4.78, 5) is 13.2. The Morgan fingerprint density at radius 3 is 2.20 bits per heavy atom. The molecule has 6 heteroatoms. The van der Waals surface area contributed by atoms with Crippen molar-refractivity contribution in [2.75, 3.05) is 7.11 Å². The van der Waals surface area contributed by atoms with Crippen LogP contribution in [0, 0.1) is 0 Å². The topological polar surface area (TPSA) is 47.6 Å². The second-order valence-electron chi connectivity index (χ2n) is 6.37. The molecule has 2 rings (SSSR count). The fourth-order valence-corrected chi connectivity index (χ4v) is 3.16. The molecule has 0 aromatic heterocycles. The molecule has 0 aliphatic rings. The van der Waals surface area contributed by atoms with E-state index in [1.165, 1.54) is 11.8 Å². The predicted molar refractivity (Wildman–Crippen MR) is 102 cm³/mol. The highest BCUT2D eigenvalue weighted by Gasteiger charge is 2.21. The molecule has 0 aliphatic heterocycles. The first-order chi connectivity index (χ1) is 11.8. The van der Waals surface area contributed by atoms with E-state index in [1.807, 2.05) is 69.3 Å². The summed E-state index contributed by atoms with van der Waals surface area (Å²) in [5.41, 5.74) is 0.381. The quantitative estimate of drug-likeness (QED) is 0.537. The first-order valence-electron chi connectivity index (χ1n) is 7.82. The number of amides is 1. The Morgan fingerprint density at radius 1 is 1.08 bits per heavy atom.